The number of hydrogen-bond donors (Lipinski definition) is 2. The van der Waals surface area contributed by atoms with Gasteiger partial charge in [-0.1, -0.05) is 90.7 Å². The summed E-state index contributed by atoms with van der Waals surface area (Å²) in [6.07, 6.45) is -0.392. The third-order valence-electron chi connectivity index (χ3n) is 12.9. The minimum Gasteiger partial charge on any atom is -0.491 e. The Kier molecular flexibility index (Phi) is 15.5. The molecule has 17 nitrogen and oxygen atoms in total. The normalized spacial score (nSPS) is 21.1. The number of fused-ring (bicyclic) bond motifs is 3. The van der Waals surface area contributed by atoms with Crippen molar-refractivity contribution in [3.63, 3.8) is 0 Å². The van der Waals surface area contributed by atoms with E-state index in [1.54, 1.807) is 48.7 Å². The van der Waals surface area contributed by atoms with E-state index < -0.39 is 77.3 Å². The van der Waals surface area contributed by atoms with Crippen molar-refractivity contribution in [2.24, 2.45) is 11.8 Å². The molecule has 3 aliphatic heterocycles. The zero-order valence-electron chi connectivity index (χ0n) is 39.2. The fourth-order valence-electron chi connectivity index (χ4n) is 9.92. The van der Waals surface area contributed by atoms with Crippen molar-refractivity contribution >= 4 is 41.5 Å². The molecule has 0 bridgehead atoms. The zero-order valence-corrected chi connectivity index (χ0v) is 39.2. The Morgan fingerprint density at radius 1 is 0.803 bits per heavy atom. The molecule has 0 radical (unpaired) electrons. The number of ether oxygens (including phenoxy) is 6. The minimum atomic E-state index is -2.14. The van der Waals surface area contributed by atoms with Crippen molar-refractivity contribution in [2.45, 2.75) is 42.5 Å². The van der Waals surface area contributed by atoms with E-state index in [0.29, 0.717) is 34.6 Å². The summed E-state index contributed by atoms with van der Waals surface area (Å²) in [7, 11) is 3.71. The number of morpholine rings is 1. The first-order valence-corrected chi connectivity index (χ1v) is 23.0. The molecule has 2 saturated heterocycles. The van der Waals surface area contributed by atoms with Gasteiger partial charge in [0.1, 0.15) is 36.5 Å². The number of carbonyl (C=O) groups is 6. The highest BCUT2D eigenvalue weighted by atomic mass is 16.6. The van der Waals surface area contributed by atoms with Crippen LogP contribution in [0.1, 0.15) is 58.1 Å². The van der Waals surface area contributed by atoms with Crippen molar-refractivity contribution in [3.05, 3.63) is 161 Å². The summed E-state index contributed by atoms with van der Waals surface area (Å²) >= 11 is 0. The van der Waals surface area contributed by atoms with Gasteiger partial charge < -0.3 is 38.8 Å². The van der Waals surface area contributed by atoms with Crippen LogP contribution >= 0.6 is 0 Å². The standard InChI is InChI=1S/C54H52N4O13/c1-66-31-32-70-53(65)57-42-25-20-34(13-12-19-40(49(61)67-2)50(62)68-3)33-41(42)54(52(57)64)43(48(60)56-28-26-38-18-10-11-27-55-38)45-51(63)71-46(36-16-8-5-9-17-36)44(35-14-6-4-7-15-35)58(45)47(54)37-21-23-39(24-22-37)69-30-29-59/h4-11,14-18,20-25,27,33,40,43-47,59H,19,26,28-32H2,1-3H3,(H,56,60)/t43-,44-,45-,46+,47+,54-/m0/s1. The number of benzene rings is 4. The van der Waals surface area contributed by atoms with Gasteiger partial charge in [0, 0.05) is 44.0 Å². The third-order valence-corrected chi connectivity index (χ3v) is 12.9. The summed E-state index contributed by atoms with van der Waals surface area (Å²) < 4.78 is 32.8. The minimum absolute atomic E-state index is 0.00183. The number of aliphatic hydroxyl groups is 1. The van der Waals surface area contributed by atoms with E-state index in [1.807, 2.05) is 77.7 Å². The first-order valence-electron chi connectivity index (χ1n) is 23.0. The molecular weight excluding hydrogens is 913 g/mol. The molecule has 71 heavy (non-hydrogen) atoms. The number of rotatable bonds is 16. The molecule has 17 heteroatoms. The molecule has 3 amide bonds. The molecular formula is C54H52N4O13. The maximum atomic E-state index is 16.4. The molecule has 366 valence electrons. The highest BCUT2D eigenvalue weighted by Gasteiger charge is 2.75. The molecule has 3 aliphatic rings. The van der Waals surface area contributed by atoms with Crippen molar-refractivity contribution < 1.29 is 62.3 Å². The first kappa shape index (κ1) is 49.5. The van der Waals surface area contributed by atoms with Crippen LogP contribution in [-0.4, -0.2) is 111 Å². The first-order chi connectivity index (χ1) is 34.6. The van der Waals surface area contributed by atoms with Crippen LogP contribution in [-0.2, 0) is 59.5 Å². The second-order valence-electron chi connectivity index (χ2n) is 16.9. The number of anilines is 1. The smallest absolute Gasteiger partial charge is 0.421 e. The maximum absolute atomic E-state index is 16.4. The topological polar surface area (TPSA) is 209 Å². The molecule has 0 unspecified atom stereocenters. The van der Waals surface area contributed by atoms with Crippen LogP contribution in [0.5, 0.6) is 5.75 Å². The Labute approximate surface area is 409 Å². The largest absolute Gasteiger partial charge is 0.491 e. The zero-order chi connectivity index (χ0) is 50.1. The second-order valence-corrected chi connectivity index (χ2v) is 16.9. The Hall–Kier alpha value is -7.91. The van der Waals surface area contributed by atoms with Gasteiger partial charge in [-0.3, -0.25) is 33.9 Å². The molecule has 1 aromatic heterocycles. The Morgan fingerprint density at radius 3 is 2.14 bits per heavy atom. The van der Waals surface area contributed by atoms with Gasteiger partial charge in [-0.05, 0) is 64.7 Å². The van der Waals surface area contributed by atoms with Gasteiger partial charge in [0.2, 0.25) is 11.8 Å². The number of aromatic nitrogens is 1. The fourth-order valence-corrected chi connectivity index (χ4v) is 9.92. The summed E-state index contributed by atoms with van der Waals surface area (Å²) in [6, 6.07) is 31.8. The van der Waals surface area contributed by atoms with Crippen molar-refractivity contribution in [3.8, 4) is 17.6 Å². The van der Waals surface area contributed by atoms with Crippen molar-refractivity contribution in [1.29, 1.82) is 0 Å². The molecule has 5 aromatic rings. The quantitative estimate of drug-likeness (QED) is 0.0440. The van der Waals surface area contributed by atoms with Gasteiger partial charge in [0.15, 0.2) is 5.92 Å². The van der Waals surface area contributed by atoms with Gasteiger partial charge in [-0.25, -0.2) is 9.69 Å². The van der Waals surface area contributed by atoms with Crippen LogP contribution in [0.3, 0.4) is 0 Å². The van der Waals surface area contributed by atoms with E-state index in [0.717, 1.165) is 19.1 Å². The number of carbonyl (C=O) groups excluding carboxylic acids is 6. The van der Waals surface area contributed by atoms with Crippen LogP contribution < -0.4 is 15.0 Å². The van der Waals surface area contributed by atoms with Crippen LogP contribution in [0.25, 0.3) is 0 Å². The number of methoxy groups -OCH3 is 3. The lowest BCUT2D eigenvalue weighted by molar-refractivity contribution is -0.178. The molecule has 8 rings (SSSR count). The molecule has 4 heterocycles. The molecule has 0 saturated carbocycles. The molecule has 1 spiro atoms. The van der Waals surface area contributed by atoms with E-state index in [9.17, 15) is 19.5 Å². The van der Waals surface area contributed by atoms with Gasteiger partial charge in [0.25, 0.3) is 0 Å². The van der Waals surface area contributed by atoms with Gasteiger partial charge >= 0.3 is 24.0 Å². The van der Waals surface area contributed by atoms with Crippen LogP contribution in [0.4, 0.5) is 10.5 Å². The van der Waals surface area contributed by atoms with Gasteiger partial charge in [-0.2, -0.15) is 0 Å². The Balaban J connectivity index is 1.41. The number of imide groups is 1. The van der Waals surface area contributed by atoms with Crippen molar-refractivity contribution in [2.75, 3.05) is 59.2 Å². The summed E-state index contributed by atoms with van der Waals surface area (Å²) in [5, 5.41) is 12.6. The van der Waals surface area contributed by atoms with Crippen LogP contribution in [0.15, 0.2) is 128 Å². The summed E-state index contributed by atoms with van der Waals surface area (Å²) in [5.74, 6) is -0.735. The van der Waals surface area contributed by atoms with Gasteiger partial charge in [-0.15, -0.1) is 0 Å². The second kappa shape index (κ2) is 22.2. The summed E-state index contributed by atoms with van der Waals surface area (Å²) in [6.45, 7) is -0.413. The third kappa shape index (κ3) is 9.69. The summed E-state index contributed by atoms with van der Waals surface area (Å²) in [4.78, 5) is 94.3. The number of nitrogens with zero attached hydrogens (tertiary/aromatic N) is 3. The lowest BCUT2D eigenvalue weighted by Gasteiger charge is -2.46. The lowest BCUT2D eigenvalue weighted by atomic mass is 9.65. The number of aliphatic hydroxyl groups excluding tert-OH is 1. The Morgan fingerprint density at radius 2 is 1.49 bits per heavy atom. The number of hydrogen-bond acceptors (Lipinski definition) is 15. The monoisotopic (exact) mass is 964 g/mol. The van der Waals surface area contributed by atoms with E-state index in [4.69, 9.17) is 28.4 Å². The average Bonchev–Trinajstić information content (AvgIpc) is 3.86. The predicted molar refractivity (Wildman–Crippen MR) is 254 cm³/mol. The molecule has 6 atom stereocenters. The lowest BCUT2D eigenvalue weighted by Crippen LogP contribution is -2.56. The molecule has 2 fully saturated rings. The van der Waals surface area contributed by atoms with Gasteiger partial charge in [0.05, 0.1) is 51.1 Å². The SMILES string of the molecule is COCCOC(=O)N1C(=O)[C@@]2(c3cc(C#CCC(C(=O)OC)C(=O)OC)ccc31)[C@H](C(=O)NCCc1ccccn1)[C@H]1C(=O)O[C@H](c3ccccc3)[C@H](c3ccccc3)N1[C@@H]2c1ccc(OCCO)cc1. The number of cyclic esters (lactones) is 1. The average molecular weight is 965 g/mol. The Bertz CT molecular complexity index is 2790. The van der Waals surface area contributed by atoms with E-state index >= 15 is 14.4 Å². The number of pyridine rings is 1. The maximum Gasteiger partial charge on any atom is 0.421 e. The number of nitrogens with one attached hydrogen (secondary N) is 1. The highest BCUT2D eigenvalue weighted by molar-refractivity contribution is 6.23. The number of amides is 3. The number of esters is 3. The van der Waals surface area contributed by atoms with E-state index in [-0.39, 0.29) is 56.2 Å². The highest BCUT2D eigenvalue weighted by Crippen LogP contribution is 2.66. The molecule has 2 N–H and O–H groups in total. The molecule has 4 aromatic carbocycles. The fraction of sp³-hybridized carbons (Fsp3) is 0.315. The van der Waals surface area contributed by atoms with Crippen LogP contribution in [0.2, 0.25) is 0 Å². The van der Waals surface area contributed by atoms with Crippen LogP contribution in [0, 0.1) is 23.7 Å². The molecule has 0 aliphatic carbocycles. The van der Waals surface area contributed by atoms with E-state index in [1.165, 1.54) is 13.2 Å². The van der Waals surface area contributed by atoms with E-state index in [2.05, 4.69) is 22.1 Å². The summed E-state index contributed by atoms with van der Waals surface area (Å²) in [5.41, 5.74) is 0.846. The predicted octanol–water partition coefficient (Wildman–Crippen LogP) is 4.96. The van der Waals surface area contributed by atoms with Crippen molar-refractivity contribution in [1.82, 2.24) is 15.2 Å².